The van der Waals surface area contributed by atoms with Gasteiger partial charge in [-0.3, -0.25) is 0 Å². The first-order chi connectivity index (χ1) is 5.66. The highest BCUT2D eigenvalue weighted by atomic mass is 32.2. The number of hydrogen-bond donors (Lipinski definition) is 2. The van der Waals surface area contributed by atoms with Gasteiger partial charge in [-0.15, -0.1) is 11.8 Å². The van der Waals surface area contributed by atoms with Gasteiger partial charge < -0.3 is 10.2 Å². The Hall–Kier alpha value is -0.670. The molecule has 2 nitrogen and oxygen atoms in total. The lowest BCUT2D eigenvalue weighted by molar-refractivity contribution is 0.195. The van der Waals surface area contributed by atoms with E-state index in [0.29, 0.717) is 0 Å². The molecule has 3 heteroatoms. The van der Waals surface area contributed by atoms with Gasteiger partial charge in [0.25, 0.3) is 0 Å². The van der Waals surface area contributed by atoms with E-state index in [4.69, 9.17) is 0 Å². The average Bonchev–Trinajstić information content (AvgIpc) is 2.03. The number of benzene rings is 1. The quantitative estimate of drug-likeness (QED) is 0.692. The van der Waals surface area contributed by atoms with Crippen molar-refractivity contribution >= 4 is 11.8 Å². The Bertz CT molecular complexity index is 271. The summed E-state index contributed by atoms with van der Waals surface area (Å²) in [7, 11) is 0. The smallest absolute Gasteiger partial charge is 0.129 e. The fourth-order valence-corrected chi connectivity index (χ4v) is 1.85. The zero-order chi connectivity index (χ0) is 9.14. The summed E-state index contributed by atoms with van der Waals surface area (Å²) in [6, 6.07) is 5.17. The number of thioether (sulfide) groups is 1. The van der Waals surface area contributed by atoms with Gasteiger partial charge in [0.1, 0.15) is 5.75 Å². The molecule has 1 rings (SSSR count). The van der Waals surface area contributed by atoms with Crippen LogP contribution in [0.5, 0.6) is 5.75 Å². The molecule has 0 aromatic heterocycles. The zero-order valence-corrected chi connectivity index (χ0v) is 7.93. The van der Waals surface area contributed by atoms with E-state index in [1.165, 1.54) is 11.8 Å². The highest BCUT2D eigenvalue weighted by molar-refractivity contribution is 7.98. The number of aliphatic hydroxyl groups excluding tert-OH is 1. The van der Waals surface area contributed by atoms with Crippen LogP contribution in [0.25, 0.3) is 0 Å². The highest BCUT2D eigenvalue weighted by Crippen LogP contribution is 2.33. The van der Waals surface area contributed by atoms with Crippen LogP contribution in [0.2, 0.25) is 0 Å². The monoisotopic (exact) mass is 184 g/mol. The summed E-state index contributed by atoms with van der Waals surface area (Å²) >= 11 is 1.44. The normalized spacial score (nSPS) is 12.9. The fraction of sp³-hybridized carbons (Fsp3) is 0.333. The molecule has 1 atom stereocenters. The van der Waals surface area contributed by atoms with Crippen LogP contribution >= 0.6 is 11.8 Å². The number of phenolic OH excluding ortho intramolecular Hbond substituents is 1. The van der Waals surface area contributed by atoms with Crippen LogP contribution < -0.4 is 0 Å². The zero-order valence-electron chi connectivity index (χ0n) is 7.11. The summed E-state index contributed by atoms with van der Waals surface area (Å²) in [6.45, 7) is 1.69. The fourth-order valence-electron chi connectivity index (χ4n) is 1.09. The molecule has 0 spiro atoms. The molecule has 0 heterocycles. The van der Waals surface area contributed by atoms with E-state index in [1.807, 2.05) is 12.3 Å². The molecule has 1 aromatic rings. The number of hydrogen-bond acceptors (Lipinski definition) is 3. The van der Waals surface area contributed by atoms with Crippen molar-refractivity contribution in [1.29, 1.82) is 0 Å². The van der Waals surface area contributed by atoms with Gasteiger partial charge >= 0.3 is 0 Å². The first-order valence-electron chi connectivity index (χ1n) is 3.70. The van der Waals surface area contributed by atoms with Crippen molar-refractivity contribution in [2.24, 2.45) is 0 Å². The molecule has 0 radical (unpaired) electrons. The largest absolute Gasteiger partial charge is 0.507 e. The van der Waals surface area contributed by atoms with Crippen LogP contribution in [0.3, 0.4) is 0 Å². The lowest BCUT2D eigenvalue weighted by atomic mass is 10.1. The van der Waals surface area contributed by atoms with Gasteiger partial charge in [-0.2, -0.15) is 0 Å². The Balaban J connectivity index is 3.18. The van der Waals surface area contributed by atoms with Crippen molar-refractivity contribution < 1.29 is 10.2 Å². The Morgan fingerprint density at radius 3 is 2.50 bits per heavy atom. The van der Waals surface area contributed by atoms with E-state index in [2.05, 4.69) is 0 Å². The van der Waals surface area contributed by atoms with Crippen LogP contribution in [0.15, 0.2) is 23.1 Å². The predicted octanol–water partition coefficient (Wildman–Crippen LogP) is 2.17. The van der Waals surface area contributed by atoms with Gasteiger partial charge in [-0.1, -0.05) is 12.1 Å². The number of aliphatic hydroxyl groups is 1. The molecular formula is C9H12O2S. The molecule has 0 amide bonds. The molecular weight excluding hydrogens is 172 g/mol. The topological polar surface area (TPSA) is 40.5 Å². The molecule has 0 aliphatic rings. The molecule has 0 aliphatic carbocycles. The third-order valence-electron chi connectivity index (χ3n) is 1.68. The average molecular weight is 184 g/mol. The maximum atomic E-state index is 9.41. The molecule has 1 aromatic carbocycles. The predicted molar refractivity (Wildman–Crippen MR) is 50.5 cm³/mol. The molecule has 0 saturated heterocycles. The number of rotatable bonds is 2. The van der Waals surface area contributed by atoms with Crippen molar-refractivity contribution in [1.82, 2.24) is 0 Å². The van der Waals surface area contributed by atoms with Crippen LogP contribution in [-0.4, -0.2) is 16.5 Å². The highest BCUT2D eigenvalue weighted by Gasteiger charge is 2.09. The summed E-state index contributed by atoms with van der Waals surface area (Å²) < 4.78 is 0. The first kappa shape index (κ1) is 9.42. The summed E-state index contributed by atoms with van der Waals surface area (Å²) in [6.07, 6.45) is 1.35. The molecule has 0 fully saturated rings. The maximum absolute atomic E-state index is 9.41. The first-order valence-corrected chi connectivity index (χ1v) is 4.93. The molecule has 1 unspecified atom stereocenters. The van der Waals surface area contributed by atoms with Crippen molar-refractivity contribution in [3.8, 4) is 5.75 Å². The van der Waals surface area contributed by atoms with Gasteiger partial charge in [-0.25, -0.2) is 0 Å². The number of aromatic hydroxyl groups is 1. The minimum Gasteiger partial charge on any atom is -0.507 e. The van der Waals surface area contributed by atoms with Crippen LogP contribution in [0.4, 0.5) is 0 Å². The van der Waals surface area contributed by atoms with E-state index in [-0.39, 0.29) is 5.75 Å². The van der Waals surface area contributed by atoms with Crippen LogP contribution in [0, 0.1) is 0 Å². The van der Waals surface area contributed by atoms with Crippen LogP contribution in [0.1, 0.15) is 18.6 Å². The third-order valence-corrected chi connectivity index (χ3v) is 2.53. The Morgan fingerprint density at radius 1 is 1.42 bits per heavy atom. The van der Waals surface area contributed by atoms with Crippen molar-refractivity contribution in [2.75, 3.05) is 6.26 Å². The molecule has 12 heavy (non-hydrogen) atoms. The second-order valence-electron chi connectivity index (χ2n) is 2.58. The Labute approximate surface area is 76.2 Å². The SMILES string of the molecule is CSc1c(O)cccc1C(C)O. The van der Waals surface area contributed by atoms with Crippen molar-refractivity contribution in [3.63, 3.8) is 0 Å². The van der Waals surface area contributed by atoms with Gasteiger partial charge in [0.2, 0.25) is 0 Å². The summed E-state index contributed by atoms with van der Waals surface area (Å²) in [5, 5.41) is 18.7. The molecule has 0 saturated carbocycles. The molecule has 0 bridgehead atoms. The molecule has 66 valence electrons. The van der Waals surface area contributed by atoms with E-state index >= 15 is 0 Å². The third kappa shape index (κ3) is 1.73. The standard InChI is InChI=1S/C9H12O2S/c1-6(10)7-4-3-5-8(11)9(7)12-2/h3-6,10-11H,1-2H3. The molecule has 0 aliphatic heterocycles. The van der Waals surface area contributed by atoms with Gasteiger partial charge in [0.05, 0.1) is 11.0 Å². The van der Waals surface area contributed by atoms with Gasteiger partial charge in [0, 0.05) is 0 Å². The number of phenols is 1. The van der Waals surface area contributed by atoms with Gasteiger partial charge in [-0.05, 0) is 24.8 Å². The van der Waals surface area contributed by atoms with E-state index in [9.17, 15) is 10.2 Å². The van der Waals surface area contributed by atoms with E-state index < -0.39 is 6.10 Å². The summed E-state index contributed by atoms with van der Waals surface area (Å²) in [5.74, 6) is 0.237. The minimum absolute atomic E-state index is 0.237. The second kappa shape index (κ2) is 3.83. The lowest BCUT2D eigenvalue weighted by Gasteiger charge is -2.10. The molecule has 2 N–H and O–H groups in total. The van der Waals surface area contributed by atoms with Crippen molar-refractivity contribution in [3.05, 3.63) is 23.8 Å². The Kier molecular flexibility index (Phi) is 3.00. The van der Waals surface area contributed by atoms with Gasteiger partial charge in [0.15, 0.2) is 0 Å². The lowest BCUT2D eigenvalue weighted by Crippen LogP contribution is -1.93. The van der Waals surface area contributed by atoms with Crippen molar-refractivity contribution in [2.45, 2.75) is 17.9 Å². The summed E-state index contributed by atoms with van der Waals surface area (Å²) in [5.41, 5.74) is 0.780. The minimum atomic E-state index is -0.528. The van der Waals surface area contributed by atoms with Crippen LogP contribution in [-0.2, 0) is 0 Å². The second-order valence-corrected chi connectivity index (χ2v) is 3.39. The summed E-state index contributed by atoms with van der Waals surface area (Å²) in [4.78, 5) is 0.757. The van der Waals surface area contributed by atoms with E-state index in [1.54, 1.807) is 19.1 Å². The van der Waals surface area contributed by atoms with E-state index in [0.717, 1.165) is 10.5 Å². The Morgan fingerprint density at radius 2 is 2.08 bits per heavy atom. The maximum Gasteiger partial charge on any atom is 0.129 e.